The molecule has 1 aliphatic heterocycles. The summed E-state index contributed by atoms with van der Waals surface area (Å²) < 4.78 is 0. The number of unbranched alkanes of at least 4 members (excludes halogenated alkanes) is 1. The smallest absolute Gasteiger partial charge is 0.326 e. The van der Waals surface area contributed by atoms with Crippen molar-refractivity contribution in [1.82, 2.24) is 20.9 Å². The van der Waals surface area contributed by atoms with Crippen LogP contribution in [0, 0.1) is 0 Å². The first-order chi connectivity index (χ1) is 13.6. The predicted molar refractivity (Wildman–Crippen MR) is 100 cm³/mol. The van der Waals surface area contributed by atoms with E-state index >= 15 is 0 Å². The number of likely N-dealkylation sites (tertiary alicyclic amines) is 1. The second-order valence-corrected chi connectivity index (χ2v) is 6.82. The number of rotatable bonds is 11. The third-order valence-electron chi connectivity index (χ3n) is 4.40. The zero-order chi connectivity index (χ0) is 22.0. The lowest BCUT2D eigenvalue weighted by Crippen LogP contribution is -2.52. The Labute approximate surface area is 168 Å². The lowest BCUT2D eigenvalue weighted by atomic mass is 10.1. The summed E-state index contributed by atoms with van der Waals surface area (Å²) in [5.74, 6) is -3.46. The quantitative estimate of drug-likeness (QED) is 0.191. The molecule has 12 nitrogen and oxygen atoms in total. The number of carboxylic acids is 1. The summed E-state index contributed by atoms with van der Waals surface area (Å²) in [4.78, 5) is 59.8. The van der Waals surface area contributed by atoms with Crippen molar-refractivity contribution >= 4 is 29.6 Å². The van der Waals surface area contributed by atoms with Crippen LogP contribution in [0.25, 0.3) is 0 Å². The molecular formula is C17H29N5O7. The second kappa shape index (κ2) is 12.0. The highest BCUT2D eigenvalue weighted by Gasteiger charge is 2.39. The molecule has 1 aliphatic rings. The van der Waals surface area contributed by atoms with Crippen molar-refractivity contribution in [1.29, 1.82) is 0 Å². The van der Waals surface area contributed by atoms with Crippen LogP contribution in [0.1, 0.15) is 32.6 Å². The van der Waals surface area contributed by atoms with Crippen molar-refractivity contribution in [3.8, 4) is 0 Å². The van der Waals surface area contributed by atoms with Gasteiger partial charge in [-0.1, -0.05) is 0 Å². The van der Waals surface area contributed by atoms with Crippen molar-refractivity contribution in [3.63, 3.8) is 0 Å². The number of nitrogens with one attached hydrogen (secondary N) is 3. The van der Waals surface area contributed by atoms with Gasteiger partial charge >= 0.3 is 5.97 Å². The van der Waals surface area contributed by atoms with Gasteiger partial charge in [-0.25, -0.2) is 4.79 Å². The molecule has 0 aliphatic carbocycles. The molecule has 0 aromatic rings. The van der Waals surface area contributed by atoms with Gasteiger partial charge in [-0.3, -0.25) is 19.2 Å². The zero-order valence-corrected chi connectivity index (χ0v) is 16.3. The number of amides is 4. The number of aliphatic hydroxyl groups excluding tert-OH is 1. The monoisotopic (exact) mass is 415 g/mol. The zero-order valence-electron chi connectivity index (χ0n) is 16.3. The van der Waals surface area contributed by atoms with Gasteiger partial charge in [0.25, 0.3) is 0 Å². The first-order valence-corrected chi connectivity index (χ1v) is 9.37. The van der Waals surface area contributed by atoms with E-state index in [9.17, 15) is 34.2 Å². The van der Waals surface area contributed by atoms with Gasteiger partial charge in [-0.15, -0.1) is 0 Å². The molecule has 4 amide bonds. The van der Waals surface area contributed by atoms with Crippen molar-refractivity contribution in [3.05, 3.63) is 0 Å². The molecule has 29 heavy (non-hydrogen) atoms. The number of nitrogens with two attached hydrogens (primary N) is 1. The molecule has 2 unspecified atom stereocenters. The van der Waals surface area contributed by atoms with Gasteiger partial charge in [0.05, 0.1) is 19.2 Å². The average molecular weight is 415 g/mol. The first kappa shape index (κ1) is 24.3. The normalized spacial score (nSPS) is 19.3. The van der Waals surface area contributed by atoms with Crippen LogP contribution in [0.4, 0.5) is 0 Å². The van der Waals surface area contributed by atoms with E-state index < -0.39 is 54.3 Å². The van der Waals surface area contributed by atoms with Crippen LogP contribution in [-0.4, -0.2) is 89.1 Å². The van der Waals surface area contributed by atoms with E-state index in [1.165, 1.54) is 6.92 Å². The lowest BCUT2D eigenvalue weighted by Gasteiger charge is -2.25. The fraction of sp³-hybridized carbons (Fsp3) is 0.706. The van der Waals surface area contributed by atoms with Gasteiger partial charge in [0.1, 0.15) is 12.1 Å². The molecule has 1 saturated heterocycles. The molecule has 0 aromatic carbocycles. The summed E-state index contributed by atoms with van der Waals surface area (Å²) >= 11 is 0. The lowest BCUT2D eigenvalue weighted by molar-refractivity contribution is -0.144. The first-order valence-electron chi connectivity index (χ1n) is 9.37. The predicted octanol–water partition coefficient (Wildman–Crippen LogP) is -3.10. The van der Waals surface area contributed by atoms with Crippen LogP contribution < -0.4 is 21.7 Å². The van der Waals surface area contributed by atoms with Gasteiger partial charge in [-0.2, -0.15) is 0 Å². The maximum Gasteiger partial charge on any atom is 0.326 e. The van der Waals surface area contributed by atoms with E-state index in [-0.39, 0.29) is 25.9 Å². The van der Waals surface area contributed by atoms with Crippen molar-refractivity contribution in [2.75, 3.05) is 26.2 Å². The number of carbonyl (C=O) groups is 5. The maximum absolute atomic E-state index is 12.5. The number of β-amino-alcohol motifs (C(OH)–C–C–N with tert-alkyl or cyclic N) is 1. The Balaban J connectivity index is 2.64. The van der Waals surface area contributed by atoms with Crippen LogP contribution in [0.15, 0.2) is 0 Å². The number of carboxylic acid groups (broad SMARTS) is 1. The standard InChI is InChI=1S/C17H29N5O7/c1-10(23)19-7-14(25)20-8-15(26)22-9-11(24)6-13(22)16(27)21-12(17(28)29)4-2-3-5-18/h11-13,24H,2-9,18H2,1H3,(H,19,23)(H,20,25)(H,21,27)(H,28,29)/t11?,12-,13?/m0/s1. The van der Waals surface area contributed by atoms with Crippen molar-refractivity contribution < 1.29 is 34.2 Å². The largest absolute Gasteiger partial charge is 0.480 e. The highest BCUT2D eigenvalue weighted by molar-refractivity contribution is 5.93. The fourth-order valence-corrected chi connectivity index (χ4v) is 2.90. The molecule has 0 radical (unpaired) electrons. The van der Waals surface area contributed by atoms with E-state index in [2.05, 4.69) is 16.0 Å². The average Bonchev–Trinajstić information content (AvgIpc) is 3.05. The van der Waals surface area contributed by atoms with Crippen LogP contribution >= 0.6 is 0 Å². The molecule has 12 heteroatoms. The number of aliphatic hydroxyl groups is 1. The van der Waals surface area contributed by atoms with E-state index in [0.717, 1.165) is 4.90 Å². The Morgan fingerprint density at radius 3 is 2.41 bits per heavy atom. The Morgan fingerprint density at radius 1 is 1.14 bits per heavy atom. The molecule has 1 fully saturated rings. The Hall–Kier alpha value is -2.73. The summed E-state index contributed by atoms with van der Waals surface area (Å²) in [5.41, 5.74) is 5.38. The van der Waals surface area contributed by atoms with Crippen LogP contribution in [0.3, 0.4) is 0 Å². The van der Waals surface area contributed by atoms with Crippen LogP contribution in [-0.2, 0) is 24.0 Å². The minimum atomic E-state index is -1.20. The van der Waals surface area contributed by atoms with Gasteiger partial charge in [-0.05, 0) is 25.8 Å². The minimum Gasteiger partial charge on any atom is -0.480 e. The van der Waals surface area contributed by atoms with E-state index in [1.54, 1.807) is 0 Å². The van der Waals surface area contributed by atoms with E-state index in [0.29, 0.717) is 19.4 Å². The third kappa shape index (κ3) is 8.44. The van der Waals surface area contributed by atoms with Gasteiger partial charge in [0.2, 0.25) is 23.6 Å². The Kier molecular flexibility index (Phi) is 10.0. The van der Waals surface area contributed by atoms with E-state index in [4.69, 9.17) is 5.73 Å². The SMILES string of the molecule is CC(=O)NCC(=O)NCC(=O)N1CC(O)CC1C(=O)N[C@@H](CCCCN)C(=O)O. The molecule has 7 N–H and O–H groups in total. The summed E-state index contributed by atoms with van der Waals surface area (Å²) in [6.07, 6.45) is 0.354. The fourth-order valence-electron chi connectivity index (χ4n) is 2.90. The number of hydrogen-bond acceptors (Lipinski definition) is 7. The van der Waals surface area contributed by atoms with E-state index in [1.807, 2.05) is 0 Å². The molecule has 0 saturated carbocycles. The molecule has 1 heterocycles. The molecule has 1 rings (SSSR count). The Morgan fingerprint density at radius 2 is 1.83 bits per heavy atom. The van der Waals surface area contributed by atoms with Crippen molar-refractivity contribution in [2.45, 2.75) is 50.8 Å². The van der Waals surface area contributed by atoms with Crippen molar-refractivity contribution in [2.24, 2.45) is 5.73 Å². The second-order valence-electron chi connectivity index (χ2n) is 6.82. The highest BCUT2D eigenvalue weighted by Crippen LogP contribution is 2.18. The molecular weight excluding hydrogens is 386 g/mol. The van der Waals surface area contributed by atoms with Gasteiger partial charge in [0, 0.05) is 19.9 Å². The summed E-state index contributed by atoms with van der Waals surface area (Å²) in [6, 6.07) is -2.16. The number of nitrogens with zero attached hydrogens (tertiary/aromatic N) is 1. The molecule has 3 atom stereocenters. The minimum absolute atomic E-state index is 0.0352. The Bertz CT molecular complexity index is 627. The summed E-state index contributed by atoms with van der Waals surface area (Å²) in [7, 11) is 0. The number of hydrogen-bond donors (Lipinski definition) is 6. The number of aliphatic carboxylic acids is 1. The molecule has 164 valence electrons. The van der Waals surface area contributed by atoms with Gasteiger partial charge < -0.3 is 36.8 Å². The molecule has 0 aromatic heterocycles. The molecule has 0 bridgehead atoms. The highest BCUT2D eigenvalue weighted by atomic mass is 16.4. The summed E-state index contributed by atoms with van der Waals surface area (Å²) in [5, 5.41) is 26.1. The van der Waals surface area contributed by atoms with Crippen LogP contribution in [0.2, 0.25) is 0 Å². The maximum atomic E-state index is 12.5. The summed E-state index contributed by atoms with van der Waals surface area (Å²) in [6.45, 7) is 0.828. The van der Waals surface area contributed by atoms with Gasteiger partial charge in [0.15, 0.2) is 0 Å². The third-order valence-corrected chi connectivity index (χ3v) is 4.40. The van der Waals surface area contributed by atoms with Crippen LogP contribution in [0.5, 0.6) is 0 Å². The number of carbonyl (C=O) groups excluding carboxylic acids is 4. The molecule has 0 spiro atoms. The topological polar surface area (TPSA) is 191 Å².